The summed E-state index contributed by atoms with van der Waals surface area (Å²) in [5, 5.41) is 13.4. The largest absolute Gasteiger partial charge is 0.391 e. The molecule has 0 radical (unpaired) electrons. The Bertz CT molecular complexity index is 343. The average molecular weight is 231 g/mol. The van der Waals surface area contributed by atoms with Crippen molar-refractivity contribution in [2.45, 2.75) is 25.5 Å². The summed E-state index contributed by atoms with van der Waals surface area (Å²) in [6, 6.07) is 0.434. The molecule has 1 aliphatic carbocycles. The molecule has 1 aliphatic rings. The molecule has 0 fully saturated rings. The van der Waals surface area contributed by atoms with Crippen molar-refractivity contribution < 1.29 is 5.11 Å². The predicted octanol–water partition coefficient (Wildman–Crippen LogP) is 2.42. The summed E-state index contributed by atoms with van der Waals surface area (Å²) in [5.41, 5.74) is 0. The highest BCUT2D eigenvalue weighted by molar-refractivity contribution is 7.16. The van der Waals surface area contributed by atoms with Crippen LogP contribution in [0.15, 0.2) is 12.2 Å². The molecule has 0 saturated heterocycles. The topological polar surface area (TPSA) is 45.1 Å². The third-order valence-electron chi connectivity index (χ3n) is 2.13. The van der Waals surface area contributed by atoms with Crippen LogP contribution in [0.25, 0.3) is 0 Å². The maximum atomic E-state index is 8.94. The molecule has 2 rings (SSSR count). The molecule has 1 aromatic rings. The molecule has 0 saturated carbocycles. The van der Waals surface area contributed by atoms with Crippen LogP contribution in [0.1, 0.15) is 17.7 Å². The number of anilines is 1. The second-order valence-corrected chi connectivity index (χ2v) is 4.62. The van der Waals surface area contributed by atoms with Crippen molar-refractivity contribution in [3.63, 3.8) is 0 Å². The summed E-state index contributed by atoms with van der Waals surface area (Å²) in [5.74, 6) is 0. The molecule has 1 heterocycles. The molecule has 1 aromatic heterocycles. The highest BCUT2D eigenvalue weighted by Gasteiger charge is 2.13. The summed E-state index contributed by atoms with van der Waals surface area (Å²) in [7, 11) is 0. The number of nitrogens with one attached hydrogen (secondary N) is 1. The van der Waals surface area contributed by atoms with Crippen molar-refractivity contribution >= 4 is 28.1 Å². The summed E-state index contributed by atoms with van der Waals surface area (Å²) >= 11 is 7.23. The number of thiazole rings is 1. The van der Waals surface area contributed by atoms with E-state index >= 15 is 0 Å². The maximum absolute atomic E-state index is 8.94. The van der Waals surface area contributed by atoms with E-state index in [0.29, 0.717) is 11.2 Å². The van der Waals surface area contributed by atoms with Crippen molar-refractivity contribution in [1.29, 1.82) is 0 Å². The Morgan fingerprint density at radius 3 is 2.86 bits per heavy atom. The van der Waals surface area contributed by atoms with Gasteiger partial charge in [-0.1, -0.05) is 35.1 Å². The Labute approximate surface area is 91.4 Å². The van der Waals surface area contributed by atoms with Crippen molar-refractivity contribution in [2.75, 3.05) is 5.32 Å². The molecule has 0 unspecified atom stereocenters. The lowest BCUT2D eigenvalue weighted by Crippen LogP contribution is -2.14. The van der Waals surface area contributed by atoms with Gasteiger partial charge in [-0.3, -0.25) is 0 Å². The monoisotopic (exact) mass is 230 g/mol. The lowest BCUT2D eigenvalue weighted by Gasteiger charge is -2.09. The number of hydrogen-bond donors (Lipinski definition) is 2. The van der Waals surface area contributed by atoms with Gasteiger partial charge in [0.2, 0.25) is 0 Å². The zero-order valence-corrected chi connectivity index (χ0v) is 9.11. The van der Waals surface area contributed by atoms with E-state index in [1.165, 1.54) is 11.3 Å². The van der Waals surface area contributed by atoms with E-state index in [1.807, 2.05) is 0 Å². The van der Waals surface area contributed by atoms with Crippen LogP contribution in [0.3, 0.4) is 0 Å². The van der Waals surface area contributed by atoms with E-state index in [1.54, 1.807) is 0 Å². The minimum atomic E-state index is -0.0406. The first-order valence-corrected chi connectivity index (χ1v) is 5.66. The summed E-state index contributed by atoms with van der Waals surface area (Å²) < 4.78 is 0. The fraction of sp³-hybridized carbons (Fsp3) is 0.444. The molecule has 3 nitrogen and oxygen atoms in total. The van der Waals surface area contributed by atoms with E-state index in [9.17, 15) is 0 Å². The minimum absolute atomic E-state index is 0.0406. The van der Waals surface area contributed by atoms with Gasteiger partial charge >= 0.3 is 0 Å². The van der Waals surface area contributed by atoms with Gasteiger partial charge in [-0.05, 0) is 12.8 Å². The van der Waals surface area contributed by atoms with Crippen LogP contribution in [-0.4, -0.2) is 16.1 Å². The molecule has 0 atom stereocenters. The molecular weight excluding hydrogens is 220 g/mol. The van der Waals surface area contributed by atoms with Crippen LogP contribution in [0.4, 0.5) is 5.13 Å². The van der Waals surface area contributed by atoms with Crippen LogP contribution in [-0.2, 0) is 6.61 Å². The smallest absolute Gasteiger partial charge is 0.184 e. The first kappa shape index (κ1) is 9.96. The SMILES string of the molecule is OCc1sc(NC2CC=CC2)nc1Cl. The molecule has 76 valence electrons. The number of aliphatic hydroxyl groups excluding tert-OH is 1. The van der Waals surface area contributed by atoms with Gasteiger partial charge in [0, 0.05) is 6.04 Å². The quantitative estimate of drug-likeness (QED) is 0.784. The van der Waals surface area contributed by atoms with Gasteiger partial charge < -0.3 is 10.4 Å². The predicted molar refractivity (Wildman–Crippen MR) is 58.8 cm³/mol. The minimum Gasteiger partial charge on any atom is -0.391 e. The third kappa shape index (κ3) is 2.08. The average Bonchev–Trinajstić information content (AvgIpc) is 2.76. The molecule has 0 aromatic carbocycles. The van der Waals surface area contributed by atoms with Crippen LogP contribution in [0.2, 0.25) is 5.15 Å². The zero-order valence-electron chi connectivity index (χ0n) is 7.53. The number of hydrogen-bond acceptors (Lipinski definition) is 4. The normalized spacial score (nSPS) is 16.4. The van der Waals surface area contributed by atoms with Crippen molar-refractivity contribution in [1.82, 2.24) is 4.98 Å². The van der Waals surface area contributed by atoms with E-state index in [-0.39, 0.29) is 6.61 Å². The van der Waals surface area contributed by atoms with Gasteiger partial charge in [0.1, 0.15) is 5.15 Å². The van der Waals surface area contributed by atoms with E-state index in [4.69, 9.17) is 16.7 Å². The standard InChI is InChI=1S/C9H11ClN2OS/c10-8-7(5-13)14-9(12-8)11-6-3-1-2-4-6/h1-2,6,13H,3-5H2,(H,11,12). The van der Waals surface area contributed by atoms with Crippen molar-refractivity contribution in [2.24, 2.45) is 0 Å². The van der Waals surface area contributed by atoms with Gasteiger partial charge in [0.25, 0.3) is 0 Å². The van der Waals surface area contributed by atoms with Crippen LogP contribution >= 0.6 is 22.9 Å². The second kappa shape index (κ2) is 4.29. The summed E-state index contributed by atoms with van der Waals surface area (Å²) in [4.78, 5) is 4.85. The number of nitrogens with zero attached hydrogens (tertiary/aromatic N) is 1. The lowest BCUT2D eigenvalue weighted by molar-refractivity contribution is 0.285. The van der Waals surface area contributed by atoms with Gasteiger partial charge in [0.05, 0.1) is 11.5 Å². The molecule has 0 aliphatic heterocycles. The summed E-state index contributed by atoms with van der Waals surface area (Å²) in [6.07, 6.45) is 6.37. The number of aromatic nitrogens is 1. The van der Waals surface area contributed by atoms with Gasteiger partial charge in [-0.15, -0.1) is 0 Å². The lowest BCUT2D eigenvalue weighted by atomic mass is 10.2. The Hall–Kier alpha value is -0.580. The van der Waals surface area contributed by atoms with Gasteiger partial charge in [-0.25, -0.2) is 4.98 Å². The molecule has 0 spiro atoms. The fourth-order valence-electron chi connectivity index (χ4n) is 1.40. The molecule has 5 heteroatoms. The Balaban J connectivity index is 2.02. The zero-order chi connectivity index (χ0) is 9.97. The van der Waals surface area contributed by atoms with Crippen LogP contribution in [0.5, 0.6) is 0 Å². The molecule has 14 heavy (non-hydrogen) atoms. The molecule has 0 amide bonds. The first-order valence-electron chi connectivity index (χ1n) is 4.47. The highest BCUT2D eigenvalue weighted by Crippen LogP contribution is 2.28. The second-order valence-electron chi connectivity index (χ2n) is 3.18. The molecular formula is C9H11ClN2OS. The third-order valence-corrected chi connectivity index (χ3v) is 3.52. The van der Waals surface area contributed by atoms with Gasteiger partial charge in [-0.2, -0.15) is 0 Å². The van der Waals surface area contributed by atoms with E-state index < -0.39 is 0 Å². The summed E-state index contributed by atoms with van der Waals surface area (Å²) in [6.45, 7) is -0.0406. The van der Waals surface area contributed by atoms with Crippen molar-refractivity contribution in [3.05, 3.63) is 22.2 Å². The van der Waals surface area contributed by atoms with Crippen LogP contribution < -0.4 is 5.32 Å². The number of halogens is 1. The number of aliphatic hydroxyl groups is 1. The Morgan fingerprint density at radius 2 is 2.29 bits per heavy atom. The van der Waals surface area contributed by atoms with E-state index in [2.05, 4.69) is 22.5 Å². The Morgan fingerprint density at radius 1 is 1.57 bits per heavy atom. The number of rotatable bonds is 3. The first-order chi connectivity index (χ1) is 6.79. The maximum Gasteiger partial charge on any atom is 0.184 e. The fourth-order valence-corrected chi connectivity index (χ4v) is 2.50. The van der Waals surface area contributed by atoms with Crippen molar-refractivity contribution in [3.8, 4) is 0 Å². The Kier molecular flexibility index (Phi) is 3.05. The van der Waals surface area contributed by atoms with Gasteiger partial charge in [0.15, 0.2) is 5.13 Å². The van der Waals surface area contributed by atoms with Crippen LogP contribution in [0, 0.1) is 0 Å². The van der Waals surface area contributed by atoms with E-state index in [0.717, 1.165) is 22.9 Å². The molecule has 2 N–H and O–H groups in total. The molecule has 0 bridgehead atoms. The highest BCUT2D eigenvalue weighted by atomic mass is 35.5.